The smallest absolute Gasteiger partial charge is 0.291 e. The van der Waals surface area contributed by atoms with Gasteiger partial charge in [0.1, 0.15) is 12.0 Å². The lowest BCUT2D eigenvalue weighted by Crippen LogP contribution is -2.04. The van der Waals surface area contributed by atoms with Gasteiger partial charge in [0, 0.05) is 10.4 Å². The van der Waals surface area contributed by atoms with Crippen molar-refractivity contribution in [3.63, 3.8) is 0 Å². The summed E-state index contributed by atoms with van der Waals surface area (Å²) in [6.45, 7) is 4.41. The predicted octanol–water partition coefficient (Wildman–Crippen LogP) is 4.04. The molecule has 1 N–H and O–H groups in total. The number of hydrogen-bond acceptors (Lipinski definition) is 5. The fourth-order valence-electron chi connectivity index (χ4n) is 1.63. The minimum absolute atomic E-state index is 0.0183. The summed E-state index contributed by atoms with van der Waals surface area (Å²) in [5, 5.41) is 16.0. The second-order valence-corrected chi connectivity index (χ2v) is 5.86. The van der Waals surface area contributed by atoms with Gasteiger partial charge in [-0.1, -0.05) is 0 Å². The molecule has 0 aliphatic heterocycles. The Balaban J connectivity index is 2.20. The van der Waals surface area contributed by atoms with Crippen molar-refractivity contribution >= 4 is 38.8 Å². The van der Waals surface area contributed by atoms with Crippen LogP contribution in [0, 0.1) is 24.0 Å². The zero-order chi connectivity index (χ0) is 14.0. The largest absolute Gasteiger partial charge is 0.364 e. The Hall–Kier alpha value is -1.47. The van der Waals surface area contributed by atoms with E-state index >= 15 is 0 Å². The van der Waals surface area contributed by atoms with Crippen LogP contribution in [0.1, 0.15) is 16.0 Å². The molecule has 0 unspecified atom stereocenters. The van der Waals surface area contributed by atoms with Crippen LogP contribution in [0.4, 0.5) is 11.5 Å². The first kappa shape index (κ1) is 14.0. The second-order valence-electron chi connectivity index (χ2n) is 4.07. The van der Waals surface area contributed by atoms with Gasteiger partial charge in [0.15, 0.2) is 0 Å². The summed E-state index contributed by atoms with van der Waals surface area (Å²) in [5.41, 5.74) is 1.82. The first-order valence-corrected chi connectivity index (χ1v) is 7.24. The molecular weight excluding hydrogens is 330 g/mol. The number of pyridine rings is 1. The molecule has 19 heavy (non-hydrogen) atoms. The van der Waals surface area contributed by atoms with Gasteiger partial charge in [-0.3, -0.25) is 10.1 Å². The minimum atomic E-state index is -0.430. The number of thiophene rings is 1. The van der Waals surface area contributed by atoms with Gasteiger partial charge in [-0.15, -0.1) is 11.3 Å². The van der Waals surface area contributed by atoms with Crippen molar-refractivity contribution in [2.75, 3.05) is 5.32 Å². The van der Waals surface area contributed by atoms with Crippen LogP contribution in [0.2, 0.25) is 0 Å². The highest BCUT2D eigenvalue weighted by Crippen LogP contribution is 2.31. The molecule has 0 aromatic carbocycles. The van der Waals surface area contributed by atoms with Crippen molar-refractivity contribution in [2.24, 2.45) is 0 Å². The first-order valence-electron chi connectivity index (χ1n) is 5.57. The molecule has 0 saturated carbocycles. The van der Waals surface area contributed by atoms with Gasteiger partial charge in [-0.25, -0.2) is 4.98 Å². The molecule has 0 aliphatic rings. The molecule has 0 spiro atoms. The van der Waals surface area contributed by atoms with E-state index in [4.69, 9.17) is 0 Å². The minimum Gasteiger partial charge on any atom is -0.364 e. The van der Waals surface area contributed by atoms with Gasteiger partial charge < -0.3 is 5.32 Å². The molecule has 7 heteroatoms. The Labute approximate surface area is 123 Å². The number of hydrogen-bond donors (Lipinski definition) is 1. The summed E-state index contributed by atoms with van der Waals surface area (Å²) in [6, 6.07) is 2.06. The number of anilines is 1. The lowest BCUT2D eigenvalue weighted by Gasteiger charge is -2.09. The van der Waals surface area contributed by atoms with Crippen LogP contribution in [0.5, 0.6) is 0 Å². The average molecular weight is 342 g/mol. The van der Waals surface area contributed by atoms with Crippen LogP contribution in [0.15, 0.2) is 22.1 Å². The van der Waals surface area contributed by atoms with Crippen molar-refractivity contribution in [3.05, 3.63) is 48.2 Å². The van der Waals surface area contributed by atoms with Gasteiger partial charge in [0.25, 0.3) is 5.69 Å². The maximum absolute atomic E-state index is 10.8. The van der Waals surface area contributed by atoms with Gasteiger partial charge in [-0.05, 0) is 46.8 Å². The maximum atomic E-state index is 10.8. The molecule has 100 valence electrons. The predicted molar refractivity (Wildman–Crippen MR) is 79.7 cm³/mol. The van der Waals surface area contributed by atoms with Crippen LogP contribution in [-0.2, 0) is 6.54 Å². The Kier molecular flexibility index (Phi) is 4.16. The molecule has 0 atom stereocenters. The number of aryl methyl sites for hydroxylation is 1. The quantitative estimate of drug-likeness (QED) is 0.672. The van der Waals surface area contributed by atoms with E-state index in [1.807, 2.05) is 5.38 Å². The highest BCUT2D eigenvalue weighted by Gasteiger charge is 2.17. The van der Waals surface area contributed by atoms with Gasteiger partial charge >= 0.3 is 0 Å². The number of aromatic nitrogens is 1. The number of nitrogens with zero attached hydrogens (tertiary/aromatic N) is 2. The van der Waals surface area contributed by atoms with E-state index in [0.717, 1.165) is 0 Å². The molecule has 2 rings (SSSR count). The Morgan fingerprint density at radius 3 is 2.84 bits per heavy atom. The lowest BCUT2D eigenvalue weighted by atomic mass is 10.2. The van der Waals surface area contributed by atoms with Gasteiger partial charge in [0.05, 0.1) is 15.9 Å². The lowest BCUT2D eigenvalue weighted by molar-refractivity contribution is -0.385. The number of nitrogens with one attached hydrogen (secondary N) is 1. The topological polar surface area (TPSA) is 68.1 Å². The fraction of sp³-hybridized carbons (Fsp3) is 0.250. The summed E-state index contributed by atoms with van der Waals surface area (Å²) in [7, 11) is 0. The van der Waals surface area contributed by atoms with E-state index < -0.39 is 4.92 Å². The summed E-state index contributed by atoms with van der Waals surface area (Å²) >= 11 is 5.03. The molecule has 0 fully saturated rings. The number of nitro groups is 1. The molecule has 0 radical (unpaired) electrons. The Morgan fingerprint density at radius 1 is 1.53 bits per heavy atom. The van der Waals surface area contributed by atoms with E-state index in [1.165, 1.54) is 16.6 Å². The van der Waals surface area contributed by atoms with E-state index in [-0.39, 0.29) is 5.69 Å². The number of halogens is 1. The molecule has 0 aliphatic carbocycles. The maximum Gasteiger partial charge on any atom is 0.291 e. The monoisotopic (exact) mass is 341 g/mol. The summed E-state index contributed by atoms with van der Waals surface area (Å²) in [4.78, 5) is 15.7. The molecule has 0 bridgehead atoms. The summed E-state index contributed by atoms with van der Waals surface area (Å²) < 4.78 is 0.635. The van der Waals surface area contributed by atoms with E-state index in [1.54, 1.807) is 18.3 Å². The van der Waals surface area contributed by atoms with Gasteiger partial charge in [-0.2, -0.15) is 0 Å². The zero-order valence-corrected chi connectivity index (χ0v) is 12.8. The van der Waals surface area contributed by atoms with Crippen LogP contribution in [0.3, 0.4) is 0 Å². The summed E-state index contributed by atoms with van der Waals surface area (Å²) in [5.74, 6) is 0.621. The van der Waals surface area contributed by atoms with E-state index in [0.29, 0.717) is 22.4 Å². The normalized spacial score (nSPS) is 10.5. The van der Waals surface area contributed by atoms with Crippen LogP contribution < -0.4 is 5.32 Å². The standard InChI is InChI=1S/C12H12BrN3O2S/c1-7-3-4-19-10(7)6-15-12-11(13)8(2)9(5-14-12)16(17)18/h3-5H,6H2,1-2H3,(H,14,15). The van der Waals surface area contributed by atoms with Crippen molar-refractivity contribution < 1.29 is 4.92 Å². The Bertz CT molecular complexity index is 627. The molecule has 2 aromatic heterocycles. The second kappa shape index (κ2) is 5.66. The van der Waals surface area contributed by atoms with Crippen molar-refractivity contribution in [3.8, 4) is 0 Å². The molecule has 2 aromatic rings. The van der Waals surface area contributed by atoms with Crippen LogP contribution >= 0.6 is 27.3 Å². The third-order valence-electron chi connectivity index (χ3n) is 2.82. The van der Waals surface area contributed by atoms with Gasteiger partial charge in [0.2, 0.25) is 0 Å². The van der Waals surface area contributed by atoms with Crippen molar-refractivity contribution in [2.45, 2.75) is 20.4 Å². The number of rotatable bonds is 4. The van der Waals surface area contributed by atoms with Crippen LogP contribution in [-0.4, -0.2) is 9.91 Å². The third kappa shape index (κ3) is 2.93. The molecular formula is C12H12BrN3O2S. The van der Waals surface area contributed by atoms with Crippen molar-refractivity contribution in [1.29, 1.82) is 0 Å². The Morgan fingerprint density at radius 2 is 2.26 bits per heavy atom. The van der Waals surface area contributed by atoms with Crippen molar-refractivity contribution in [1.82, 2.24) is 4.98 Å². The zero-order valence-electron chi connectivity index (χ0n) is 10.4. The third-order valence-corrected chi connectivity index (χ3v) is 4.81. The van der Waals surface area contributed by atoms with E-state index in [9.17, 15) is 10.1 Å². The van der Waals surface area contributed by atoms with Crippen LogP contribution in [0.25, 0.3) is 0 Å². The molecule has 0 saturated heterocycles. The molecule has 5 nitrogen and oxygen atoms in total. The molecule has 0 amide bonds. The first-order chi connectivity index (χ1) is 9.00. The highest BCUT2D eigenvalue weighted by molar-refractivity contribution is 9.10. The average Bonchev–Trinajstić information content (AvgIpc) is 2.76. The highest BCUT2D eigenvalue weighted by atomic mass is 79.9. The molecule has 2 heterocycles. The summed E-state index contributed by atoms with van der Waals surface area (Å²) in [6.07, 6.45) is 1.28. The SMILES string of the molecule is Cc1ccsc1CNc1ncc([N+](=O)[O-])c(C)c1Br. The fourth-order valence-corrected chi connectivity index (χ4v) is 2.92. The van der Waals surface area contributed by atoms with E-state index in [2.05, 4.69) is 39.2 Å².